The second-order valence-corrected chi connectivity index (χ2v) is 11.0. The number of benzene rings is 2. The quantitative estimate of drug-likeness (QED) is 0.191. The van der Waals surface area contributed by atoms with Crippen molar-refractivity contribution in [3.63, 3.8) is 0 Å². The molecule has 36 heavy (non-hydrogen) atoms. The van der Waals surface area contributed by atoms with Gasteiger partial charge in [-0.25, -0.2) is 19.6 Å². The van der Waals surface area contributed by atoms with Gasteiger partial charge in [-0.1, -0.05) is 17.7 Å². The van der Waals surface area contributed by atoms with Gasteiger partial charge in [-0.15, -0.1) is 0 Å². The normalized spacial score (nSPS) is 13.1. The topological polar surface area (TPSA) is 105 Å². The summed E-state index contributed by atoms with van der Waals surface area (Å²) in [5.41, 5.74) is 1.91. The molecule has 192 valence electrons. The standard InChI is InChI=1S/C25H26ClFIN3O5/c1-25(2,3)36-24(35)30-31(22(33)12-21(32)17-8-7-16(28)11-19(17)27)20-10-14(4-9-18(20)26)13-29-23(34)15-5-6-15/h4,7-11,15H,5-6,12-13H2,1-3H3,(H,29,34)(H,30,35). The largest absolute Gasteiger partial charge is 0.443 e. The van der Waals surface area contributed by atoms with Gasteiger partial charge in [0.2, 0.25) is 5.91 Å². The van der Waals surface area contributed by atoms with Gasteiger partial charge in [0.15, 0.2) is 5.78 Å². The van der Waals surface area contributed by atoms with E-state index >= 15 is 0 Å². The second-order valence-electron chi connectivity index (χ2n) is 9.34. The van der Waals surface area contributed by atoms with E-state index in [-0.39, 0.29) is 34.6 Å². The van der Waals surface area contributed by atoms with Crippen molar-refractivity contribution in [1.82, 2.24) is 10.7 Å². The van der Waals surface area contributed by atoms with Gasteiger partial charge in [-0.3, -0.25) is 14.4 Å². The van der Waals surface area contributed by atoms with Crippen LogP contribution in [-0.4, -0.2) is 29.3 Å². The highest BCUT2D eigenvalue weighted by atomic mass is 127. The maximum atomic E-state index is 14.3. The molecule has 1 aliphatic rings. The molecule has 0 aromatic heterocycles. The van der Waals surface area contributed by atoms with E-state index < -0.39 is 35.6 Å². The van der Waals surface area contributed by atoms with Crippen molar-refractivity contribution in [2.75, 3.05) is 5.01 Å². The molecule has 0 spiro atoms. The first-order chi connectivity index (χ1) is 16.8. The number of hydrogen-bond acceptors (Lipinski definition) is 5. The number of anilines is 1. The summed E-state index contributed by atoms with van der Waals surface area (Å²) in [6.45, 7) is 5.13. The predicted molar refractivity (Wildman–Crippen MR) is 141 cm³/mol. The lowest BCUT2D eigenvalue weighted by molar-refractivity contribution is -0.122. The third-order valence-electron chi connectivity index (χ3n) is 5.06. The number of ether oxygens (including phenoxy) is 1. The summed E-state index contributed by atoms with van der Waals surface area (Å²) in [5, 5.41) is 3.73. The zero-order valence-electron chi connectivity index (χ0n) is 20.0. The SMILES string of the molecule is CC(C)(C)OC(=O)NN(C(=O)CC(=O)c1ccc(I)cc1F)c1cc(CNC(=O)C2CC2)ccc1Cl. The Morgan fingerprint density at radius 3 is 2.44 bits per heavy atom. The third kappa shape index (κ3) is 7.89. The molecule has 3 amide bonds. The average molecular weight is 630 g/mol. The Bertz CT molecular complexity index is 1200. The van der Waals surface area contributed by atoms with Gasteiger partial charge in [0, 0.05) is 16.0 Å². The van der Waals surface area contributed by atoms with Gasteiger partial charge in [-0.05, 0) is 92.1 Å². The lowest BCUT2D eigenvalue weighted by atomic mass is 10.1. The fourth-order valence-electron chi connectivity index (χ4n) is 3.19. The molecule has 2 aromatic carbocycles. The van der Waals surface area contributed by atoms with E-state index in [1.165, 1.54) is 24.3 Å². The lowest BCUT2D eigenvalue weighted by Gasteiger charge is -2.27. The highest BCUT2D eigenvalue weighted by Gasteiger charge is 2.30. The molecular weight excluding hydrogens is 604 g/mol. The van der Waals surface area contributed by atoms with E-state index in [0.717, 1.165) is 17.9 Å². The summed E-state index contributed by atoms with van der Waals surface area (Å²) in [7, 11) is 0. The van der Waals surface area contributed by atoms with E-state index in [2.05, 4.69) is 10.7 Å². The Hall–Kier alpha value is -2.73. The second kappa shape index (κ2) is 11.5. The van der Waals surface area contributed by atoms with E-state index in [4.69, 9.17) is 16.3 Å². The van der Waals surface area contributed by atoms with Crippen LogP contribution in [0.25, 0.3) is 0 Å². The molecule has 11 heteroatoms. The van der Waals surface area contributed by atoms with E-state index in [1.807, 2.05) is 22.6 Å². The van der Waals surface area contributed by atoms with Gasteiger partial charge < -0.3 is 10.1 Å². The van der Waals surface area contributed by atoms with Gasteiger partial charge in [0.05, 0.1) is 22.7 Å². The Kier molecular flexibility index (Phi) is 8.93. The summed E-state index contributed by atoms with van der Waals surface area (Å²) in [4.78, 5) is 50.5. The molecule has 0 radical (unpaired) electrons. The Balaban J connectivity index is 1.86. The number of rotatable bonds is 7. The molecule has 1 saturated carbocycles. The van der Waals surface area contributed by atoms with Crippen LogP contribution in [0.4, 0.5) is 14.9 Å². The van der Waals surface area contributed by atoms with Gasteiger partial charge >= 0.3 is 6.09 Å². The van der Waals surface area contributed by atoms with Gasteiger partial charge in [0.1, 0.15) is 11.4 Å². The third-order valence-corrected chi connectivity index (χ3v) is 6.05. The smallest absolute Gasteiger partial charge is 0.427 e. The molecular formula is C25H26ClFIN3O5. The molecule has 3 rings (SSSR count). The first-order valence-electron chi connectivity index (χ1n) is 11.2. The molecule has 0 bridgehead atoms. The molecule has 1 fully saturated rings. The zero-order chi connectivity index (χ0) is 26.6. The van der Waals surface area contributed by atoms with Crippen molar-refractivity contribution < 1.29 is 28.3 Å². The van der Waals surface area contributed by atoms with Crippen LogP contribution in [0.2, 0.25) is 5.02 Å². The van der Waals surface area contributed by atoms with Gasteiger partial charge in [-0.2, -0.15) is 0 Å². The summed E-state index contributed by atoms with van der Waals surface area (Å²) < 4.78 is 20.2. The minimum Gasteiger partial charge on any atom is -0.443 e. The molecule has 0 heterocycles. The molecule has 0 saturated heterocycles. The number of amides is 3. The Morgan fingerprint density at radius 1 is 1.14 bits per heavy atom. The fourth-order valence-corrected chi connectivity index (χ4v) is 3.85. The Labute approximate surface area is 227 Å². The molecule has 0 aliphatic heterocycles. The molecule has 2 N–H and O–H groups in total. The van der Waals surface area contributed by atoms with Crippen molar-refractivity contribution in [1.29, 1.82) is 0 Å². The number of carbonyl (C=O) groups excluding carboxylic acids is 4. The van der Waals surface area contributed by atoms with E-state index in [9.17, 15) is 23.6 Å². The first kappa shape index (κ1) is 27.9. The lowest BCUT2D eigenvalue weighted by Crippen LogP contribution is -2.49. The number of nitrogens with zero attached hydrogens (tertiary/aromatic N) is 1. The van der Waals surface area contributed by atoms with Crippen molar-refractivity contribution in [3.05, 3.63) is 61.9 Å². The highest BCUT2D eigenvalue weighted by Crippen LogP contribution is 2.30. The average Bonchev–Trinajstić information content (AvgIpc) is 3.61. The van der Waals surface area contributed by atoms with Crippen molar-refractivity contribution in [2.24, 2.45) is 5.92 Å². The van der Waals surface area contributed by atoms with Crippen LogP contribution in [0.1, 0.15) is 56.0 Å². The fraction of sp³-hybridized carbons (Fsp3) is 0.360. The number of nitrogens with one attached hydrogen (secondary N) is 2. The highest BCUT2D eigenvalue weighted by molar-refractivity contribution is 14.1. The van der Waals surface area contributed by atoms with Crippen LogP contribution >= 0.6 is 34.2 Å². The summed E-state index contributed by atoms with van der Waals surface area (Å²) in [6, 6.07) is 8.73. The van der Waals surface area contributed by atoms with Crippen LogP contribution in [0.3, 0.4) is 0 Å². The maximum Gasteiger partial charge on any atom is 0.427 e. The van der Waals surface area contributed by atoms with Crippen molar-refractivity contribution >= 4 is 63.6 Å². The number of ketones is 1. The van der Waals surface area contributed by atoms with Crippen LogP contribution in [-0.2, 0) is 20.9 Å². The minimum atomic E-state index is -0.952. The molecule has 2 aromatic rings. The maximum absolute atomic E-state index is 14.3. The number of hydrogen-bond donors (Lipinski definition) is 2. The van der Waals surface area contributed by atoms with E-state index in [1.54, 1.807) is 32.9 Å². The number of Topliss-reactive ketones (excluding diaryl/α,β-unsaturated/α-hetero) is 1. The summed E-state index contributed by atoms with van der Waals surface area (Å²) in [6.07, 6.45) is 0.0169. The van der Waals surface area contributed by atoms with E-state index in [0.29, 0.717) is 9.13 Å². The first-order valence-corrected chi connectivity index (χ1v) is 12.7. The van der Waals surface area contributed by atoms with Crippen LogP contribution in [0, 0.1) is 15.3 Å². The number of hydrazine groups is 1. The van der Waals surface area contributed by atoms with Crippen LogP contribution in [0.5, 0.6) is 0 Å². The number of halogens is 3. The predicted octanol–water partition coefficient (Wildman–Crippen LogP) is 5.16. The van der Waals surface area contributed by atoms with Crippen molar-refractivity contribution in [2.45, 2.75) is 52.2 Å². The molecule has 0 atom stereocenters. The van der Waals surface area contributed by atoms with Crippen LogP contribution < -0.4 is 15.8 Å². The molecule has 0 unspecified atom stereocenters. The minimum absolute atomic E-state index is 0.0244. The molecule has 8 nitrogen and oxygen atoms in total. The summed E-state index contributed by atoms with van der Waals surface area (Å²) in [5.74, 6) is -2.41. The van der Waals surface area contributed by atoms with Crippen molar-refractivity contribution in [3.8, 4) is 0 Å². The van der Waals surface area contributed by atoms with Gasteiger partial charge in [0.25, 0.3) is 5.91 Å². The number of carbonyl (C=O) groups is 4. The monoisotopic (exact) mass is 629 g/mol. The Morgan fingerprint density at radius 2 is 1.83 bits per heavy atom. The van der Waals surface area contributed by atoms with Crippen LogP contribution in [0.15, 0.2) is 36.4 Å². The summed E-state index contributed by atoms with van der Waals surface area (Å²) >= 11 is 8.26. The molecule has 1 aliphatic carbocycles. The zero-order valence-corrected chi connectivity index (χ0v) is 22.9.